The molecule has 0 aliphatic carbocycles. The summed E-state index contributed by atoms with van der Waals surface area (Å²) in [6.45, 7) is 17.6. The zero-order chi connectivity index (χ0) is 92.1. The summed E-state index contributed by atoms with van der Waals surface area (Å²) >= 11 is 32.7. The Labute approximate surface area is 927 Å². The molecule has 0 bridgehead atoms. The molecule has 730 valence electrons. The molecular formula is C74H119Cl7FeI3K2N17O24S. The molecule has 0 spiro atoms. The number of esters is 2. The van der Waals surface area contributed by atoms with E-state index >= 15 is 0 Å². The van der Waals surface area contributed by atoms with Crippen LogP contribution in [-0.4, -0.2) is 266 Å². The van der Waals surface area contributed by atoms with Crippen LogP contribution in [0.25, 0.3) is 0 Å². The fourth-order valence-electron chi connectivity index (χ4n) is 12.4. The fraction of sp³-hybridized carbons (Fsp3) is 0.676. The summed E-state index contributed by atoms with van der Waals surface area (Å²) in [4.78, 5) is 149. The third kappa shape index (κ3) is 52.5. The standard InChI is InChI=1S/C14H19ClN4O5.C14H19ClN4O2.C14H18ClN3O2.C10H19NO3.C5H11NO2.C5H8O2.C4HCl2N3O2.C4H9NO2.CH2O3.3CH4.Cl2OS.Fe.I2.HI.2K.H/c1-3-10(13(20)23-2)18(9-4-6-24-7-5-9)12-11(19(21)22)8-16-14(15)17-12;1-3-10-13(20)18(2)11-8-16-14(15)17-12(11)19(10)9-4-6-21-7-5-9;1-2-11-12(19)7-9-8-16-14(15)17-13(9)18(11)10-3-5-20-6-4-10;1-2-9(10(13)7-12)11-8-3-5-14-6-4-8;1-3-4(6)5(7)8-2;6-5-1-3-7-4-2-5;5-3-2(9(10)11)1-7-4(6)8-3;1-2-3(5)4(6)7;2-1-4-3;;;;1-4(2)3;;1-2;;;;/h8-10H,3-7H2,1-2H3;8-10H,3-7H2,1-2H3;8,10-11H,2-7H2,1H3;8-9,11-12H,2-7H2,1H3;4H,3,6H2,1-2H3;1-4H2;1H;3H,2,5H2,1H3,(H,6,7);1,3H;3*1H4;;;;1H;;;/q;;;;;;;;;;;;;;;;2*+1;-1/p-1/t2*10-;11-;9-;4-;;;3-;;;;;;;;;;;/m11111..1.........../s1. The molecule has 6 atom stereocenters. The molecular weight excluding hydrogens is 2310 g/mol. The van der Waals surface area contributed by atoms with Crippen LogP contribution in [0, 0.1) is 20.2 Å². The minimum Gasteiger partial charge on any atom is -1.00 e. The van der Waals surface area contributed by atoms with Gasteiger partial charge >= 0.3 is 132 Å². The number of ether oxygens (including phenoxy) is 7. The number of amides is 1. The maximum Gasteiger partial charge on any atom is 1.00 e. The summed E-state index contributed by atoms with van der Waals surface area (Å²) in [5.74, 6) is 0.441. The summed E-state index contributed by atoms with van der Waals surface area (Å²) < 4.78 is 44.7. The van der Waals surface area contributed by atoms with Gasteiger partial charge in [0.1, 0.15) is 60.5 Å². The van der Waals surface area contributed by atoms with Gasteiger partial charge in [0, 0.05) is 191 Å². The Kier molecular flexibility index (Phi) is 88.8. The summed E-state index contributed by atoms with van der Waals surface area (Å²) in [5, 5.41) is 50.0. The Morgan fingerprint density at radius 1 is 0.651 bits per heavy atom. The van der Waals surface area contributed by atoms with E-state index in [1.54, 1.807) is 36.2 Å². The van der Waals surface area contributed by atoms with Crippen LogP contribution in [0.15, 0.2) is 24.8 Å². The van der Waals surface area contributed by atoms with Crippen molar-refractivity contribution in [2.75, 3.05) is 114 Å². The monoisotopic (exact) mass is 2420 g/mol. The van der Waals surface area contributed by atoms with Crippen LogP contribution in [0.1, 0.15) is 174 Å². The zero-order valence-electron chi connectivity index (χ0n) is 72.3. The van der Waals surface area contributed by atoms with E-state index in [0.29, 0.717) is 95.7 Å². The molecule has 41 nitrogen and oxygen atoms in total. The maximum atomic E-state index is 12.6. The number of aromatic nitrogens is 8. The van der Waals surface area contributed by atoms with Crippen LogP contribution in [0.4, 0.5) is 34.5 Å². The molecule has 129 heavy (non-hydrogen) atoms. The van der Waals surface area contributed by atoms with Gasteiger partial charge in [0.25, 0.3) is 6.47 Å². The van der Waals surface area contributed by atoms with Crippen molar-refractivity contribution in [3.63, 3.8) is 0 Å². The number of rotatable bonds is 21. The van der Waals surface area contributed by atoms with Crippen molar-refractivity contribution in [2.45, 2.75) is 233 Å². The van der Waals surface area contributed by atoms with Crippen LogP contribution in [0.2, 0.25) is 26.3 Å². The molecule has 7 N–H and O–H groups in total. The third-order valence-electron chi connectivity index (χ3n) is 18.6. The van der Waals surface area contributed by atoms with E-state index in [4.69, 9.17) is 122 Å². The Morgan fingerprint density at radius 2 is 1.05 bits per heavy atom. The predicted octanol–water partition coefficient (Wildman–Crippen LogP) is 5.62. The number of carboxylic acid groups (broad SMARTS) is 1. The largest absolute Gasteiger partial charge is 1.00 e. The minimum atomic E-state index is -1.67. The molecule has 0 radical (unpaired) electrons. The first kappa shape index (κ1) is 141. The van der Waals surface area contributed by atoms with E-state index in [0.717, 1.165) is 133 Å². The molecule has 4 aromatic heterocycles. The molecule has 5 saturated heterocycles. The van der Waals surface area contributed by atoms with Crippen LogP contribution in [0.3, 0.4) is 0 Å². The van der Waals surface area contributed by atoms with E-state index in [-0.39, 0.29) is 278 Å². The number of hydrogen-bond acceptors (Lipinski definition) is 37. The van der Waals surface area contributed by atoms with Gasteiger partial charge in [-0.1, -0.05) is 75.4 Å². The number of nitrogens with one attached hydrogen (secondary N) is 1. The summed E-state index contributed by atoms with van der Waals surface area (Å²) in [7, 11) is 11.7. The van der Waals surface area contributed by atoms with Crippen LogP contribution < -0.4 is 144 Å². The number of nitrogens with two attached hydrogens (primary N) is 2. The van der Waals surface area contributed by atoms with Crippen molar-refractivity contribution in [1.29, 1.82) is 0 Å². The molecule has 7 aliphatic heterocycles. The van der Waals surface area contributed by atoms with Gasteiger partial charge in [-0.05, 0) is 136 Å². The van der Waals surface area contributed by atoms with Crippen molar-refractivity contribution in [3.8, 4) is 0 Å². The van der Waals surface area contributed by atoms with Crippen LogP contribution >= 0.6 is 141 Å². The second-order valence-electron chi connectivity index (χ2n) is 26.2. The first-order valence-corrected chi connectivity index (χ1v) is 49.1. The maximum absolute atomic E-state index is 12.6. The number of aliphatic hydroxyl groups excluding tert-OH is 1. The second kappa shape index (κ2) is 81.5. The molecule has 7 aliphatic rings. The van der Waals surface area contributed by atoms with Crippen molar-refractivity contribution in [1.82, 2.24) is 45.2 Å². The number of hydrogen-bond donors (Lipinski definition) is 5. The molecule has 0 aromatic carbocycles. The average Bonchev–Trinajstić information content (AvgIpc) is 0.761. The summed E-state index contributed by atoms with van der Waals surface area (Å²) in [6, 6.07) is -1.55. The number of carbonyl (C=O) groups is 8. The number of fused-ring (bicyclic) bond motifs is 2. The third-order valence-corrected chi connectivity index (χ3v) is 19.6. The van der Waals surface area contributed by atoms with Gasteiger partial charge in [0.05, 0.1) is 55.6 Å². The number of nitro groups is 2. The van der Waals surface area contributed by atoms with Crippen molar-refractivity contribution in [2.24, 2.45) is 11.5 Å². The molecule has 4 aromatic rings. The second-order valence-corrected chi connectivity index (χ2v) is 30.4. The number of methoxy groups -OCH3 is 2. The number of aliphatic hydroxyl groups is 1. The summed E-state index contributed by atoms with van der Waals surface area (Å²) in [6.07, 6.45) is 17.5. The SMILES string of the molecule is C.C.C.CC[C@@H](N)C(=O)O.CC[C@@H](N)C(=O)OC.CC[C@@H](NC1CCOCC1)C(=O)CO.CC[C@@H]1C(=O)Cc2cnc(Cl)nc2N1C1CCOCC1.CC[C@@H]1C(=O)N(C)c2cnc(Cl)nc2N1C1CCOCC1.CC[C@H](C(=O)OC)N(c1nc(Cl)ncc1[N+](=O)[O-])C1CCOCC1.I.II.O=C1CCOCC1.O=CO[O-].O=S(Cl)Cl.O=[N+]([O-])c1cnc(Cl)nc1Cl.[Fe].[H-].[K+].[K+]. The topological polar surface area (TPSA) is 557 Å². The van der Waals surface area contributed by atoms with Crippen molar-refractivity contribution < 1.29 is 227 Å². The smallest absolute Gasteiger partial charge is 1.00 e. The van der Waals surface area contributed by atoms with Crippen LogP contribution in [0.5, 0.6) is 0 Å². The zero-order valence-corrected chi connectivity index (χ0v) is 91.4. The Morgan fingerprint density at radius 3 is 1.43 bits per heavy atom. The molecule has 5 fully saturated rings. The number of anilines is 4. The van der Waals surface area contributed by atoms with Gasteiger partial charge in [-0.15, -0.1) is 24.0 Å². The van der Waals surface area contributed by atoms with E-state index in [9.17, 15) is 53.8 Å². The first-order valence-electron chi connectivity index (χ1n) is 38.1. The predicted molar refractivity (Wildman–Crippen MR) is 508 cm³/mol. The van der Waals surface area contributed by atoms with Crippen molar-refractivity contribution in [3.05, 3.63) is 76.9 Å². The molecule has 55 heteroatoms. The van der Waals surface area contributed by atoms with Gasteiger partial charge in [-0.2, -0.15) is 15.0 Å². The number of Topliss-reactive ketones (excluding diaryl/α,β-unsaturated/α-hetero) is 3. The summed E-state index contributed by atoms with van der Waals surface area (Å²) in [5.41, 5.74) is 11.2. The fourth-order valence-corrected chi connectivity index (χ4v) is 13.1. The number of ketones is 3. The average molecular weight is 2430 g/mol. The number of carboxylic acids is 1. The molecule has 1 amide bonds. The number of halogens is 10. The first-order chi connectivity index (χ1) is 58.1. The van der Waals surface area contributed by atoms with Crippen LogP contribution in [-0.2, 0) is 109 Å². The van der Waals surface area contributed by atoms with E-state index in [1.165, 1.54) is 14.2 Å². The quantitative estimate of drug-likeness (QED) is 0.00646. The van der Waals surface area contributed by atoms with Gasteiger partial charge in [-0.3, -0.25) is 53.8 Å². The van der Waals surface area contributed by atoms with Gasteiger partial charge in [0.15, 0.2) is 17.4 Å². The van der Waals surface area contributed by atoms with Gasteiger partial charge < -0.3 is 91.3 Å². The minimum absolute atomic E-state index is 0. The Hall–Kier alpha value is -1.36. The van der Waals surface area contributed by atoms with Gasteiger partial charge in [-0.25, -0.2) is 33.9 Å². The van der Waals surface area contributed by atoms with Crippen molar-refractivity contribution >= 4 is 232 Å². The van der Waals surface area contributed by atoms with E-state index < -0.39 is 49.1 Å². The van der Waals surface area contributed by atoms with E-state index in [2.05, 4.69) is 123 Å². The number of likely N-dealkylation sites (N-methyl/N-ethyl adjacent to an activating group) is 1. The normalized spacial score (nSPS) is 16.9. The Balaban J connectivity index is -0.000000219. The number of nitrogens with zero attached hydrogens (tertiary/aromatic N) is 14. The number of carbonyl (C=O) groups excluding carboxylic acids is 7. The Bertz CT molecular complexity index is 3910. The molecule has 0 unspecified atom stereocenters. The van der Waals surface area contributed by atoms with Gasteiger partial charge in [0.2, 0.25) is 47.2 Å². The molecule has 11 rings (SSSR count). The molecule has 0 saturated carbocycles. The number of aliphatic carboxylic acids is 1. The van der Waals surface area contributed by atoms with E-state index in [1.807, 2.05) is 34.6 Å². The molecule has 11 heterocycles.